The molecule has 0 spiro atoms. The van der Waals surface area contributed by atoms with Gasteiger partial charge in [-0.1, -0.05) is 0 Å². The van der Waals surface area contributed by atoms with Crippen molar-refractivity contribution >= 4 is 5.97 Å². The summed E-state index contributed by atoms with van der Waals surface area (Å²) in [4.78, 5) is 23.0. The molecular formula is C13H17NO4. The van der Waals surface area contributed by atoms with Crippen LogP contribution < -0.4 is 5.56 Å². The lowest BCUT2D eigenvalue weighted by molar-refractivity contribution is 0.0522. The van der Waals surface area contributed by atoms with E-state index in [4.69, 9.17) is 9.84 Å². The highest BCUT2D eigenvalue weighted by Crippen LogP contribution is 2.28. The average Bonchev–Trinajstić information content (AvgIpc) is 2.38. The lowest BCUT2D eigenvalue weighted by Crippen LogP contribution is -2.33. The number of methoxy groups -OCH3 is 1. The van der Waals surface area contributed by atoms with Crippen LogP contribution in [0.3, 0.4) is 0 Å². The van der Waals surface area contributed by atoms with E-state index in [0.29, 0.717) is 0 Å². The SMILES string of the molecule is COC1CCCC(n2cccc(C(=O)O)c2=O)C1. The van der Waals surface area contributed by atoms with Crippen LogP contribution >= 0.6 is 0 Å². The number of nitrogens with zero attached hydrogens (tertiary/aromatic N) is 1. The summed E-state index contributed by atoms with van der Waals surface area (Å²) >= 11 is 0. The van der Waals surface area contributed by atoms with Crippen LogP contribution in [-0.4, -0.2) is 28.9 Å². The van der Waals surface area contributed by atoms with Crippen LogP contribution in [0.1, 0.15) is 42.1 Å². The van der Waals surface area contributed by atoms with Gasteiger partial charge in [-0.2, -0.15) is 0 Å². The normalized spacial score (nSPS) is 23.8. The van der Waals surface area contributed by atoms with Gasteiger partial charge in [0.2, 0.25) is 0 Å². The standard InChI is InChI=1S/C13H17NO4/c1-18-10-5-2-4-9(8-10)14-7-3-6-11(12(14)15)13(16)17/h3,6-7,9-10H,2,4-5,8H2,1H3,(H,16,17). The number of aromatic carboxylic acids is 1. The summed E-state index contributed by atoms with van der Waals surface area (Å²) in [6.07, 6.45) is 5.47. The average molecular weight is 251 g/mol. The Labute approximate surface area is 105 Å². The van der Waals surface area contributed by atoms with Crippen molar-refractivity contribution in [3.05, 3.63) is 34.2 Å². The van der Waals surface area contributed by atoms with E-state index < -0.39 is 11.5 Å². The summed E-state index contributed by atoms with van der Waals surface area (Å²) < 4.78 is 6.87. The van der Waals surface area contributed by atoms with E-state index >= 15 is 0 Å². The summed E-state index contributed by atoms with van der Waals surface area (Å²) in [5.41, 5.74) is -0.594. The lowest BCUT2D eigenvalue weighted by Gasteiger charge is -2.29. The minimum absolute atomic E-state index is 0.0375. The first kappa shape index (κ1) is 12.8. The molecule has 1 aromatic rings. The molecule has 2 atom stereocenters. The van der Waals surface area contributed by atoms with Gasteiger partial charge in [0.1, 0.15) is 5.56 Å². The maximum atomic E-state index is 12.0. The zero-order chi connectivity index (χ0) is 13.1. The van der Waals surface area contributed by atoms with Gasteiger partial charge in [0.15, 0.2) is 0 Å². The predicted octanol–water partition coefficient (Wildman–Crippen LogP) is 1.68. The number of carbonyl (C=O) groups is 1. The van der Waals surface area contributed by atoms with Gasteiger partial charge >= 0.3 is 5.97 Å². The topological polar surface area (TPSA) is 68.5 Å². The molecule has 1 N–H and O–H groups in total. The van der Waals surface area contributed by atoms with Crippen LogP contribution in [-0.2, 0) is 4.74 Å². The Balaban J connectivity index is 2.31. The quantitative estimate of drug-likeness (QED) is 0.887. The number of pyridine rings is 1. The number of hydrogen-bond acceptors (Lipinski definition) is 3. The highest BCUT2D eigenvalue weighted by Gasteiger charge is 2.24. The van der Waals surface area contributed by atoms with Crippen LogP contribution in [0.25, 0.3) is 0 Å². The van der Waals surface area contributed by atoms with Crippen molar-refractivity contribution in [1.82, 2.24) is 4.57 Å². The molecule has 1 saturated carbocycles. The van der Waals surface area contributed by atoms with Crippen molar-refractivity contribution in [1.29, 1.82) is 0 Å². The minimum atomic E-state index is -1.17. The number of carboxylic acid groups (broad SMARTS) is 1. The molecule has 5 nitrogen and oxygen atoms in total. The monoisotopic (exact) mass is 251 g/mol. The molecule has 98 valence electrons. The third-order valence-electron chi connectivity index (χ3n) is 3.53. The van der Waals surface area contributed by atoms with Crippen molar-refractivity contribution in [2.45, 2.75) is 37.8 Å². The fraction of sp³-hybridized carbons (Fsp3) is 0.538. The first-order valence-corrected chi connectivity index (χ1v) is 6.10. The second-order valence-electron chi connectivity index (χ2n) is 4.62. The molecular weight excluding hydrogens is 234 g/mol. The Morgan fingerprint density at radius 2 is 2.28 bits per heavy atom. The van der Waals surface area contributed by atoms with Crippen molar-refractivity contribution in [3.63, 3.8) is 0 Å². The van der Waals surface area contributed by atoms with Crippen LogP contribution in [0.4, 0.5) is 0 Å². The molecule has 0 aliphatic heterocycles. The lowest BCUT2D eigenvalue weighted by atomic mass is 9.92. The Morgan fingerprint density at radius 1 is 1.50 bits per heavy atom. The highest BCUT2D eigenvalue weighted by molar-refractivity contribution is 5.86. The molecule has 1 aromatic heterocycles. The first-order chi connectivity index (χ1) is 8.63. The van der Waals surface area contributed by atoms with Crippen molar-refractivity contribution in [2.75, 3.05) is 7.11 Å². The summed E-state index contributed by atoms with van der Waals surface area (Å²) in [7, 11) is 1.67. The van der Waals surface area contributed by atoms with Gasteiger partial charge in [-0.3, -0.25) is 4.79 Å². The Kier molecular flexibility index (Phi) is 3.81. The summed E-state index contributed by atoms with van der Waals surface area (Å²) in [5, 5.41) is 8.95. The number of carboxylic acids is 1. The molecule has 1 aliphatic carbocycles. The van der Waals surface area contributed by atoms with E-state index in [0.717, 1.165) is 25.7 Å². The Bertz CT molecular complexity index is 494. The third-order valence-corrected chi connectivity index (χ3v) is 3.53. The summed E-state index contributed by atoms with van der Waals surface area (Å²) in [6, 6.07) is 2.99. The number of hydrogen-bond donors (Lipinski definition) is 1. The molecule has 0 aromatic carbocycles. The predicted molar refractivity (Wildman–Crippen MR) is 66.0 cm³/mol. The van der Waals surface area contributed by atoms with Crippen LogP contribution in [0.2, 0.25) is 0 Å². The maximum absolute atomic E-state index is 12.0. The van der Waals surface area contributed by atoms with Gasteiger partial charge in [0.05, 0.1) is 6.10 Å². The van der Waals surface area contributed by atoms with Gasteiger partial charge in [0, 0.05) is 19.3 Å². The minimum Gasteiger partial charge on any atom is -0.477 e. The summed E-state index contributed by atoms with van der Waals surface area (Å²) in [5.74, 6) is -1.17. The number of ether oxygens (including phenoxy) is 1. The summed E-state index contributed by atoms with van der Waals surface area (Å²) in [6.45, 7) is 0. The number of aromatic nitrogens is 1. The molecule has 0 saturated heterocycles. The molecule has 2 unspecified atom stereocenters. The first-order valence-electron chi connectivity index (χ1n) is 6.10. The molecule has 18 heavy (non-hydrogen) atoms. The van der Waals surface area contributed by atoms with Gasteiger partial charge in [-0.05, 0) is 37.8 Å². The number of rotatable bonds is 3. The second-order valence-corrected chi connectivity index (χ2v) is 4.62. The van der Waals surface area contributed by atoms with Gasteiger partial charge < -0.3 is 14.4 Å². The van der Waals surface area contributed by atoms with Crippen LogP contribution in [0.15, 0.2) is 23.1 Å². The Morgan fingerprint density at radius 3 is 2.94 bits per heavy atom. The van der Waals surface area contributed by atoms with Crippen molar-refractivity contribution < 1.29 is 14.6 Å². The van der Waals surface area contributed by atoms with E-state index in [1.54, 1.807) is 19.4 Å². The molecule has 5 heteroatoms. The molecule has 0 amide bonds. The van der Waals surface area contributed by atoms with E-state index in [-0.39, 0.29) is 17.7 Å². The zero-order valence-corrected chi connectivity index (χ0v) is 10.3. The van der Waals surface area contributed by atoms with Crippen molar-refractivity contribution in [3.8, 4) is 0 Å². The smallest absolute Gasteiger partial charge is 0.341 e. The van der Waals surface area contributed by atoms with E-state index in [1.807, 2.05) is 0 Å². The molecule has 1 aliphatic rings. The highest BCUT2D eigenvalue weighted by atomic mass is 16.5. The third kappa shape index (κ3) is 2.46. The van der Waals surface area contributed by atoms with Crippen LogP contribution in [0, 0.1) is 0 Å². The molecule has 0 radical (unpaired) electrons. The van der Waals surface area contributed by atoms with Gasteiger partial charge in [-0.25, -0.2) is 4.79 Å². The largest absolute Gasteiger partial charge is 0.477 e. The van der Waals surface area contributed by atoms with Gasteiger partial charge in [0.25, 0.3) is 5.56 Å². The Hall–Kier alpha value is -1.62. The van der Waals surface area contributed by atoms with E-state index in [9.17, 15) is 9.59 Å². The van der Waals surface area contributed by atoms with Gasteiger partial charge in [-0.15, -0.1) is 0 Å². The molecule has 2 rings (SSSR count). The fourth-order valence-corrected chi connectivity index (χ4v) is 2.55. The van der Waals surface area contributed by atoms with E-state index in [2.05, 4.69) is 0 Å². The second kappa shape index (κ2) is 5.35. The molecule has 0 bridgehead atoms. The molecule has 1 fully saturated rings. The van der Waals surface area contributed by atoms with Crippen molar-refractivity contribution in [2.24, 2.45) is 0 Å². The molecule has 1 heterocycles. The zero-order valence-electron chi connectivity index (χ0n) is 10.3. The van der Waals surface area contributed by atoms with E-state index in [1.165, 1.54) is 10.6 Å². The van der Waals surface area contributed by atoms with Crippen LogP contribution in [0.5, 0.6) is 0 Å². The fourth-order valence-electron chi connectivity index (χ4n) is 2.55. The maximum Gasteiger partial charge on any atom is 0.341 e.